The molecule has 1 aliphatic carbocycles. The fraction of sp³-hybridized carbons (Fsp3) is 0.231. The molecule has 0 radical (unpaired) electrons. The number of nitrogens with zero attached hydrogens (tertiary/aromatic N) is 1. The van der Waals surface area contributed by atoms with Gasteiger partial charge in [-0.3, -0.25) is 13.9 Å². The molecule has 2 amide bonds. The monoisotopic (exact) mass is 493 g/mol. The fourth-order valence-corrected chi connectivity index (χ4v) is 5.01. The number of carbonyl (C=O) groups excluding carboxylic acids is 2. The van der Waals surface area contributed by atoms with Crippen molar-refractivity contribution >= 4 is 27.5 Å². The molecule has 3 aromatic rings. The Hall–Kier alpha value is -3.85. The Kier molecular flexibility index (Phi) is 7.36. The van der Waals surface area contributed by atoms with E-state index < -0.39 is 15.9 Å². The number of anilines is 1. The van der Waals surface area contributed by atoms with Crippen LogP contribution in [0.2, 0.25) is 0 Å². The van der Waals surface area contributed by atoms with Gasteiger partial charge in [0.15, 0.2) is 0 Å². The standard InChI is InChI=1S/C26H27N3O5S/c1-34-23-14-12-22(13-15-23)29(18-19-6-3-2-4-7-19)35(32,33)24-9-5-8-20(16-24)26(31)27-17-25(30)28-21-10-11-21/h2-9,12-16,21H,10-11,17-18H2,1H3,(H,27,31)(H,28,30). The minimum Gasteiger partial charge on any atom is -0.497 e. The van der Waals surface area contributed by atoms with E-state index in [1.54, 1.807) is 31.4 Å². The number of amides is 2. The first-order chi connectivity index (χ1) is 16.9. The molecule has 0 spiro atoms. The van der Waals surface area contributed by atoms with Gasteiger partial charge < -0.3 is 15.4 Å². The van der Waals surface area contributed by atoms with Gasteiger partial charge in [0.2, 0.25) is 5.91 Å². The van der Waals surface area contributed by atoms with E-state index in [4.69, 9.17) is 4.74 Å². The van der Waals surface area contributed by atoms with Crippen molar-refractivity contribution in [1.82, 2.24) is 10.6 Å². The average Bonchev–Trinajstić information content (AvgIpc) is 3.70. The molecular formula is C26H27N3O5S. The highest BCUT2D eigenvalue weighted by atomic mass is 32.2. The van der Waals surface area contributed by atoms with E-state index >= 15 is 0 Å². The van der Waals surface area contributed by atoms with Crippen LogP contribution in [0.1, 0.15) is 28.8 Å². The van der Waals surface area contributed by atoms with E-state index in [2.05, 4.69) is 10.6 Å². The van der Waals surface area contributed by atoms with Gasteiger partial charge in [0.05, 0.1) is 30.8 Å². The first kappa shape index (κ1) is 24.3. The zero-order chi connectivity index (χ0) is 24.8. The number of hydrogen-bond acceptors (Lipinski definition) is 5. The Bertz CT molecular complexity index is 1290. The van der Waals surface area contributed by atoms with Crippen LogP contribution < -0.4 is 19.7 Å². The van der Waals surface area contributed by atoms with E-state index in [-0.39, 0.29) is 35.5 Å². The van der Waals surface area contributed by atoms with Gasteiger partial charge in [0, 0.05) is 11.6 Å². The molecule has 8 nitrogen and oxygen atoms in total. The summed E-state index contributed by atoms with van der Waals surface area (Å²) in [7, 11) is -2.49. The predicted molar refractivity (Wildman–Crippen MR) is 133 cm³/mol. The van der Waals surface area contributed by atoms with Crippen molar-refractivity contribution in [3.05, 3.63) is 90.0 Å². The number of carbonyl (C=O) groups is 2. The first-order valence-corrected chi connectivity index (χ1v) is 12.7. The Morgan fingerprint density at radius 1 is 0.971 bits per heavy atom. The van der Waals surface area contributed by atoms with Gasteiger partial charge in [-0.1, -0.05) is 36.4 Å². The van der Waals surface area contributed by atoms with Gasteiger partial charge in [-0.25, -0.2) is 8.42 Å². The first-order valence-electron chi connectivity index (χ1n) is 11.2. The van der Waals surface area contributed by atoms with Crippen LogP contribution in [0.5, 0.6) is 5.75 Å². The number of methoxy groups -OCH3 is 1. The summed E-state index contributed by atoms with van der Waals surface area (Å²) in [6.07, 6.45) is 1.90. The number of sulfonamides is 1. The highest BCUT2D eigenvalue weighted by Crippen LogP contribution is 2.28. The Morgan fingerprint density at radius 3 is 2.34 bits per heavy atom. The van der Waals surface area contributed by atoms with Crippen LogP contribution in [-0.2, 0) is 21.4 Å². The molecule has 0 saturated heterocycles. The predicted octanol–water partition coefficient (Wildman–Crippen LogP) is 3.10. The second-order valence-corrected chi connectivity index (χ2v) is 10.1. The topological polar surface area (TPSA) is 105 Å². The summed E-state index contributed by atoms with van der Waals surface area (Å²) < 4.78 is 34.0. The van der Waals surface area contributed by atoms with E-state index in [1.165, 1.54) is 28.6 Å². The SMILES string of the molecule is COc1ccc(N(Cc2ccccc2)S(=O)(=O)c2cccc(C(=O)NCC(=O)NC3CC3)c2)cc1. The molecule has 2 N–H and O–H groups in total. The van der Waals surface area contributed by atoms with Gasteiger partial charge in [-0.05, 0) is 60.9 Å². The van der Waals surface area contributed by atoms with Crippen molar-refractivity contribution in [3.63, 3.8) is 0 Å². The summed E-state index contributed by atoms with van der Waals surface area (Å²) in [5.41, 5.74) is 1.42. The van der Waals surface area contributed by atoms with Crippen molar-refractivity contribution in [2.45, 2.75) is 30.3 Å². The molecule has 0 unspecified atom stereocenters. The zero-order valence-electron chi connectivity index (χ0n) is 19.3. The maximum absolute atomic E-state index is 13.8. The summed E-state index contributed by atoms with van der Waals surface area (Å²) in [6.45, 7) is -0.0639. The molecule has 35 heavy (non-hydrogen) atoms. The molecule has 4 rings (SSSR count). The minimum atomic E-state index is -4.03. The average molecular weight is 494 g/mol. The molecular weight excluding hydrogens is 466 g/mol. The maximum atomic E-state index is 13.8. The molecule has 0 aliphatic heterocycles. The highest BCUT2D eigenvalue weighted by molar-refractivity contribution is 7.92. The number of benzene rings is 3. The summed E-state index contributed by atoms with van der Waals surface area (Å²) in [6, 6.07) is 22.0. The van der Waals surface area contributed by atoms with E-state index in [1.807, 2.05) is 30.3 Å². The fourth-order valence-electron chi connectivity index (χ4n) is 3.51. The van der Waals surface area contributed by atoms with Gasteiger partial charge in [0.25, 0.3) is 15.9 Å². The zero-order valence-corrected chi connectivity index (χ0v) is 20.1. The maximum Gasteiger partial charge on any atom is 0.264 e. The van der Waals surface area contributed by atoms with Gasteiger partial charge in [-0.15, -0.1) is 0 Å². The van der Waals surface area contributed by atoms with Crippen molar-refractivity contribution in [3.8, 4) is 5.75 Å². The Balaban J connectivity index is 1.59. The smallest absolute Gasteiger partial charge is 0.264 e. The third-order valence-corrected chi connectivity index (χ3v) is 7.34. The van der Waals surface area contributed by atoms with Crippen molar-refractivity contribution in [2.24, 2.45) is 0 Å². The lowest BCUT2D eigenvalue weighted by Crippen LogP contribution is -2.38. The lowest BCUT2D eigenvalue weighted by Gasteiger charge is -2.25. The molecule has 0 heterocycles. The van der Waals surface area contributed by atoms with Crippen LogP contribution in [-0.4, -0.2) is 39.9 Å². The molecule has 182 valence electrons. The van der Waals surface area contributed by atoms with Crippen LogP contribution >= 0.6 is 0 Å². The number of hydrogen-bond donors (Lipinski definition) is 2. The van der Waals surface area contributed by atoms with Crippen molar-refractivity contribution in [1.29, 1.82) is 0 Å². The normalized spacial score (nSPS) is 13.1. The van der Waals surface area contributed by atoms with Crippen LogP contribution in [0.3, 0.4) is 0 Å². The van der Waals surface area contributed by atoms with E-state index in [0.29, 0.717) is 11.4 Å². The lowest BCUT2D eigenvalue weighted by atomic mass is 10.2. The van der Waals surface area contributed by atoms with E-state index in [0.717, 1.165) is 18.4 Å². The minimum absolute atomic E-state index is 0.0284. The number of ether oxygens (including phenoxy) is 1. The Morgan fingerprint density at radius 2 is 1.69 bits per heavy atom. The largest absolute Gasteiger partial charge is 0.497 e. The third kappa shape index (κ3) is 6.19. The molecule has 1 saturated carbocycles. The molecule has 1 aliphatic rings. The summed E-state index contributed by atoms with van der Waals surface area (Å²) in [5, 5.41) is 5.35. The van der Waals surface area contributed by atoms with Crippen LogP contribution in [0, 0.1) is 0 Å². The van der Waals surface area contributed by atoms with Gasteiger partial charge in [-0.2, -0.15) is 0 Å². The summed E-state index contributed by atoms with van der Waals surface area (Å²) in [4.78, 5) is 24.5. The third-order valence-electron chi connectivity index (χ3n) is 5.57. The van der Waals surface area contributed by atoms with Crippen molar-refractivity contribution < 1.29 is 22.7 Å². The lowest BCUT2D eigenvalue weighted by molar-refractivity contribution is -0.120. The molecule has 3 aromatic carbocycles. The van der Waals surface area contributed by atoms with Gasteiger partial charge >= 0.3 is 0 Å². The Labute approximate surface area is 205 Å². The quantitative estimate of drug-likeness (QED) is 0.452. The molecule has 0 aromatic heterocycles. The summed E-state index contributed by atoms with van der Waals surface area (Å²) in [5.74, 6) is -0.180. The molecule has 0 bridgehead atoms. The van der Waals surface area contributed by atoms with Gasteiger partial charge in [0.1, 0.15) is 5.75 Å². The molecule has 0 atom stereocenters. The van der Waals surface area contributed by atoms with Crippen molar-refractivity contribution in [2.75, 3.05) is 18.0 Å². The van der Waals surface area contributed by atoms with E-state index in [9.17, 15) is 18.0 Å². The number of rotatable bonds is 10. The second-order valence-electron chi connectivity index (χ2n) is 8.25. The van der Waals surface area contributed by atoms with Crippen LogP contribution in [0.4, 0.5) is 5.69 Å². The number of nitrogens with one attached hydrogen (secondary N) is 2. The highest BCUT2D eigenvalue weighted by Gasteiger charge is 2.27. The molecule has 1 fully saturated rings. The molecule has 9 heteroatoms. The summed E-state index contributed by atoms with van der Waals surface area (Å²) >= 11 is 0. The van der Waals surface area contributed by atoms with Crippen LogP contribution in [0.25, 0.3) is 0 Å². The van der Waals surface area contributed by atoms with Crippen LogP contribution in [0.15, 0.2) is 83.8 Å². The second kappa shape index (κ2) is 10.6.